The maximum Gasteiger partial charge on any atom is 0.224 e. The Balaban J connectivity index is 2.84. The summed E-state index contributed by atoms with van der Waals surface area (Å²) in [6, 6.07) is 5.57. The van der Waals surface area contributed by atoms with Crippen molar-refractivity contribution in [1.29, 1.82) is 5.26 Å². The highest BCUT2D eigenvalue weighted by Crippen LogP contribution is 2.14. The summed E-state index contributed by atoms with van der Waals surface area (Å²) in [5.74, 6) is 0.574. The van der Waals surface area contributed by atoms with Crippen LogP contribution in [0.25, 0.3) is 0 Å². The fourth-order valence-corrected chi connectivity index (χ4v) is 1.74. The number of carbonyl (C=O) groups excluding carboxylic acids is 1. The van der Waals surface area contributed by atoms with Crippen molar-refractivity contribution in [2.24, 2.45) is 5.92 Å². The molecule has 1 unspecified atom stereocenters. The zero-order chi connectivity index (χ0) is 13.7. The molecule has 0 radical (unpaired) electrons. The second kappa shape index (κ2) is 6.01. The molecule has 0 aliphatic carbocycles. The fraction of sp³-hybridized carbons (Fsp3) is 0.462. The van der Waals surface area contributed by atoms with Crippen molar-refractivity contribution in [3.05, 3.63) is 23.4 Å². The Morgan fingerprint density at radius 2 is 2.28 bits per heavy atom. The Morgan fingerprint density at radius 3 is 2.83 bits per heavy atom. The Bertz CT molecular complexity index is 478. The Kier molecular flexibility index (Phi) is 4.67. The van der Waals surface area contributed by atoms with Crippen molar-refractivity contribution >= 4 is 11.7 Å². The van der Waals surface area contributed by atoms with Gasteiger partial charge in [-0.1, -0.05) is 6.92 Å². The van der Waals surface area contributed by atoms with Crippen LogP contribution in [0.15, 0.2) is 12.1 Å². The summed E-state index contributed by atoms with van der Waals surface area (Å²) in [4.78, 5) is 17.7. The summed E-state index contributed by atoms with van der Waals surface area (Å²) in [5.41, 5.74) is 1.38. The lowest BCUT2D eigenvalue weighted by atomic mass is 10.1. The largest absolute Gasteiger partial charge is 0.359 e. The maximum atomic E-state index is 11.5. The van der Waals surface area contributed by atoms with E-state index >= 15 is 0 Å². The fourth-order valence-electron chi connectivity index (χ4n) is 1.74. The van der Waals surface area contributed by atoms with Gasteiger partial charge in [-0.3, -0.25) is 4.79 Å². The van der Waals surface area contributed by atoms with Crippen LogP contribution in [0.4, 0.5) is 5.82 Å². The van der Waals surface area contributed by atoms with Gasteiger partial charge in [0.2, 0.25) is 5.91 Å². The smallest absolute Gasteiger partial charge is 0.224 e. The zero-order valence-corrected chi connectivity index (χ0v) is 11.2. The second-order valence-electron chi connectivity index (χ2n) is 4.36. The number of aryl methyl sites for hydroxylation is 1. The summed E-state index contributed by atoms with van der Waals surface area (Å²) < 4.78 is 0. The minimum Gasteiger partial charge on any atom is -0.359 e. The highest BCUT2D eigenvalue weighted by molar-refractivity contribution is 5.78. The Morgan fingerprint density at radius 1 is 1.61 bits per heavy atom. The molecule has 1 aromatic heterocycles. The van der Waals surface area contributed by atoms with Crippen LogP contribution in [0.2, 0.25) is 0 Å². The maximum absolute atomic E-state index is 11.5. The van der Waals surface area contributed by atoms with Gasteiger partial charge < -0.3 is 10.2 Å². The SMILES string of the molecule is CNC(=O)C(C)CN(C)c1cc(C#N)cc(C)n1. The quantitative estimate of drug-likeness (QED) is 0.863. The number of carbonyl (C=O) groups is 1. The number of nitriles is 1. The van der Waals surface area contributed by atoms with Crippen molar-refractivity contribution in [2.45, 2.75) is 13.8 Å². The van der Waals surface area contributed by atoms with Gasteiger partial charge in [0.1, 0.15) is 5.82 Å². The van der Waals surface area contributed by atoms with Gasteiger partial charge in [-0.25, -0.2) is 4.98 Å². The van der Waals surface area contributed by atoms with Crippen LogP contribution < -0.4 is 10.2 Å². The molecule has 1 atom stereocenters. The highest BCUT2D eigenvalue weighted by Gasteiger charge is 2.15. The first-order valence-corrected chi connectivity index (χ1v) is 5.79. The van der Waals surface area contributed by atoms with Crippen LogP contribution in [0.3, 0.4) is 0 Å². The lowest BCUT2D eigenvalue weighted by Gasteiger charge is -2.22. The molecule has 0 bridgehead atoms. The van der Waals surface area contributed by atoms with Crippen LogP contribution in [0, 0.1) is 24.2 Å². The Hall–Kier alpha value is -2.09. The normalized spacial score (nSPS) is 11.5. The molecule has 0 fully saturated rings. The van der Waals surface area contributed by atoms with Crippen molar-refractivity contribution in [2.75, 3.05) is 25.5 Å². The van der Waals surface area contributed by atoms with E-state index in [2.05, 4.69) is 16.4 Å². The third-order valence-corrected chi connectivity index (χ3v) is 2.70. The van der Waals surface area contributed by atoms with E-state index in [4.69, 9.17) is 5.26 Å². The molecule has 96 valence electrons. The minimum absolute atomic E-state index is 0.00462. The van der Waals surface area contributed by atoms with Crippen molar-refractivity contribution in [1.82, 2.24) is 10.3 Å². The number of pyridine rings is 1. The minimum atomic E-state index is -0.132. The molecule has 5 nitrogen and oxygen atoms in total. The van der Waals surface area contributed by atoms with Gasteiger partial charge in [-0.2, -0.15) is 5.26 Å². The van der Waals surface area contributed by atoms with E-state index in [1.165, 1.54) is 0 Å². The molecule has 1 aromatic rings. The first-order chi connectivity index (χ1) is 8.47. The number of aromatic nitrogens is 1. The monoisotopic (exact) mass is 246 g/mol. The van der Waals surface area contributed by atoms with Crippen molar-refractivity contribution in [3.63, 3.8) is 0 Å². The third-order valence-electron chi connectivity index (χ3n) is 2.70. The summed E-state index contributed by atoms with van der Waals surface area (Å²) in [6.07, 6.45) is 0. The van der Waals surface area contributed by atoms with E-state index in [1.807, 2.05) is 25.8 Å². The number of nitrogens with one attached hydrogen (secondary N) is 1. The molecular weight excluding hydrogens is 228 g/mol. The molecule has 0 aliphatic heterocycles. The van der Waals surface area contributed by atoms with Gasteiger partial charge in [-0.15, -0.1) is 0 Å². The number of nitrogens with zero attached hydrogens (tertiary/aromatic N) is 3. The molecule has 0 spiro atoms. The molecule has 1 N–H and O–H groups in total. The number of anilines is 1. The average Bonchev–Trinajstić information content (AvgIpc) is 2.36. The summed E-state index contributed by atoms with van der Waals surface area (Å²) >= 11 is 0. The van der Waals surface area contributed by atoms with E-state index in [0.29, 0.717) is 17.9 Å². The van der Waals surface area contributed by atoms with Crippen molar-refractivity contribution < 1.29 is 4.79 Å². The van der Waals surface area contributed by atoms with E-state index < -0.39 is 0 Å². The predicted octanol–water partition coefficient (Wildman–Crippen LogP) is 1.08. The summed E-state index contributed by atoms with van der Waals surface area (Å²) in [7, 11) is 3.49. The molecule has 0 aliphatic rings. The molecule has 1 heterocycles. The lowest BCUT2D eigenvalue weighted by molar-refractivity contribution is -0.123. The van der Waals surface area contributed by atoms with Gasteiger partial charge in [0.15, 0.2) is 0 Å². The van der Waals surface area contributed by atoms with Crippen LogP contribution in [-0.2, 0) is 4.79 Å². The molecular formula is C13H18N4O. The van der Waals surface area contributed by atoms with Gasteiger partial charge in [0, 0.05) is 26.3 Å². The first-order valence-electron chi connectivity index (χ1n) is 5.79. The molecule has 0 aromatic carbocycles. The zero-order valence-electron chi connectivity index (χ0n) is 11.2. The first kappa shape index (κ1) is 14.0. The van der Waals surface area contributed by atoms with E-state index in [0.717, 1.165) is 5.69 Å². The summed E-state index contributed by atoms with van der Waals surface area (Å²) in [6.45, 7) is 4.26. The molecule has 1 rings (SSSR count). The second-order valence-corrected chi connectivity index (χ2v) is 4.36. The van der Waals surface area contributed by atoms with Gasteiger partial charge in [-0.05, 0) is 19.1 Å². The molecule has 1 amide bonds. The predicted molar refractivity (Wildman–Crippen MR) is 70.2 cm³/mol. The van der Waals surface area contributed by atoms with E-state index in [9.17, 15) is 4.79 Å². The van der Waals surface area contributed by atoms with Gasteiger partial charge in [0.25, 0.3) is 0 Å². The van der Waals surface area contributed by atoms with Crippen LogP contribution in [-0.4, -0.2) is 31.5 Å². The van der Waals surface area contributed by atoms with Gasteiger partial charge >= 0.3 is 0 Å². The average molecular weight is 246 g/mol. The topological polar surface area (TPSA) is 69.0 Å². The van der Waals surface area contributed by atoms with Crippen molar-refractivity contribution in [3.8, 4) is 6.07 Å². The highest BCUT2D eigenvalue weighted by atomic mass is 16.1. The lowest BCUT2D eigenvalue weighted by Crippen LogP contribution is -2.34. The van der Waals surface area contributed by atoms with E-state index in [1.54, 1.807) is 19.2 Å². The number of hydrogen-bond donors (Lipinski definition) is 1. The van der Waals surface area contributed by atoms with Crippen LogP contribution >= 0.6 is 0 Å². The number of rotatable bonds is 4. The third kappa shape index (κ3) is 3.45. The summed E-state index contributed by atoms with van der Waals surface area (Å²) in [5, 5.41) is 11.5. The molecule has 0 saturated heterocycles. The standard InChI is InChI=1S/C13H18N4O/c1-9(13(18)15-3)8-17(4)12-6-11(7-14)5-10(2)16-12/h5-6,9H,8H2,1-4H3,(H,15,18). The molecule has 18 heavy (non-hydrogen) atoms. The molecule has 0 saturated carbocycles. The van der Waals surface area contributed by atoms with Crippen LogP contribution in [0.5, 0.6) is 0 Å². The van der Waals surface area contributed by atoms with Gasteiger partial charge in [0.05, 0.1) is 17.6 Å². The number of hydrogen-bond acceptors (Lipinski definition) is 4. The van der Waals surface area contributed by atoms with Crippen LogP contribution in [0.1, 0.15) is 18.2 Å². The molecule has 5 heteroatoms. The Labute approximate surface area is 107 Å². The number of amides is 1. The van der Waals surface area contributed by atoms with E-state index in [-0.39, 0.29) is 11.8 Å².